The van der Waals surface area contributed by atoms with Crippen LogP contribution in [0, 0.1) is 0 Å². The molecule has 4 heteroatoms. The Morgan fingerprint density at radius 3 is 2.11 bits per heavy atom. The van der Waals surface area contributed by atoms with Crippen LogP contribution in [0.25, 0.3) is 64.6 Å². The number of oxazole rings is 1. The number of rotatable bonds is 5. The number of benzene rings is 7. The first kappa shape index (κ1) is 25.8. The van der Waals surface area contributed by atoms with Gasteiger partial charge in [-0.15, -0.1) is 11.3 Å². The van der Waals surface area contributed by atoms with Gasteiger partial charge < -0.3 is 9.32 Å². The van der Waals surface area contributed by atoms with Crippen molar-refractivity contribution in [2.45, 2.75) is 0 Å². The number of para-hydroxylation sites is 3. The van der Waals surface area contributed by atoms with Crippen molar-refractivity contribution in [3.63, 3.8) is 0 Å². The summed E-state index contributed by atoms with van der Waals surface area (Å²) in [5.41, 5.74) is 8.47. The van der Waals surface area contributed by atoms with E-state index < -0.39 is 0 Å². The minimum atomic E-state index is 0.649. The molecule has 2 heterocycles. The molecule has 0 atom stereocenters. The molecule has 0 fully saturated rings. The zero-order valence-electron chi connectivity index (χ0n) is 24.2. The van der Waals surface area contributed by atoms with E-state index >= 15 is 0 Å². The average molecular weight is 595 g/mol. The van der Waals surface area contributed by atoms with Gasteiger partial charge in [-0.2, -0.15) is 0 Å². The molecule has 0 aliphatic heterocycles. The lowest BCUT2D eigenvalue weighted by atomic mass is 9.98. The number of aromatic nitrogens is 1. The lowest BCUT2D eigenvalue weighted by molar-refractivity contribution is 0.620. The highest BCUT2D eigenvalue weighted by Crippen LogP contribution is 2.47. The van der Waals surface area contributed by atoms with Crippen LogP contribution in [-0.2, 0) is 0 Å². The lowest BCUT2D eigenvalue weighted by Gasteiger charge is -2.26. The summed E-state index contributed by atoms with van der Waals surface area (Å²) in [6, 6.07) is 55.6. The molecule has 45 heavy (non-hydrogen) atoms. The van der Waals surface area contributed by atoms with Crippen LogP contribution >= 0.6 is 11.3 Å². The van der Waals surface area contributed by atoms with E-state index in [-0.39, 0.29) is 0 Å². The van der Waals surface area contributed by atoms with Crippen molar-refractivity contribution >= 4 is 70.4 Å². The van der Waals surface area contributed by atoms with Gasteiger partial charge in [0, 0.05) is 32.4 Å². The maximum absolute atomic E-state index is 6.25. The van der Waals surface area contributed by atoms with E-state index in [9.17, 15) is 0 Å². The summed E-state index contributed by atoms with van der Waals surface area (Å²) in [6.07, 6.45) is 0. The van der Waals surface area contributed by atoms with Crippen molar-refractivity contribution in [2.75, 3.05) is 4.90 Å². The Morgan fingerprint density at radius 1 is 0.533 bits per heavy atom. The fraction of sp³-hybridized carbons (Fsp3) is 0. The van der Waals surface area contributed by atoms with Gasteiger partial charge in [0.15, 0.2) is 5.58 Å². The second-order valence-corrected chi connectivity index (χ2v) is 12.2. The lowest BCUT2D eigenvalue weighted by Crippen LogP contribution is -2.09. The highest BCUT2D eigenvalue weighted by atomic mass is 32.1. The fourth-order valence-electron chi connectivity index (χ4n) is 6.45. The van der Waals surface area contributed by atoms with Crippen molar-refractivity contribution in [3.05, 3.63) is 158 Å². The summed E-state index contributed by atoms with van der Waals surface area (Å²) >= 11 is 1.81. The number of thiophene rings is 1. The molecule has 0 amide bonds. The summed E-state index contributed by atoms with van der Waals surface area (Å²) in [4.78, 5) is 7.22. The van der Waals surface area contributed by atoms with Gasteiger partial charge >= 0.3 is 0 Å². The van der Waals surface area contributed by atoms with E-state index in [2.05, 4.69) is 138 Å². The van der Waals surface area contributed by atoms with E-state index in [1.165, 1.54) is 42.1 Å². The Bertz CT molecular complexity index is 2450. The molecule has 0 radical (unpaired) electrons. The van der Waals surface area contributed by atoms with Crippen LogP contribution in [-0.4, -0.2) is 4.98 Å². The highest BCUT2D eigenvalue weighted by molar-refractivity contribution is 7.26. The molecule has 0 saturated carbocycles. The van der Waals surface area contributed by atoms with Crippen LogP contribution in [0.15, 0.2) is 162 Å². The number of fused-ring (bicyclic) bond motifs is 5. The number of hydrogen-bond acceptors (Lipinski definition) is 4. The molecule has 0 aliphatic carbocycles. The van der Waals surface area contributed by atoms with Gasteiger partial charge in [0.1, 0.15) is 5.52 Å². The van der Waals surface area contributed by atoms with Crippen molar-refractivity contribution in [1.82, 2.24) is 4.98 Å². The van der Waals surface area contributed by atoms with Crippen LogP contribution in [0.1, 0.15) is 0 Å². The summed E-state index contributed by atoms with van der Waals surface area (Å²) in [5, 5.41) is 4.87. The minimum absolute atomic E-state index is 0.649. The van der Waals surface area contributed by atoms with E-state index in [1.54, 1.807) is 0 Å². The molecule has 0 bridgehead atoms. The number of anilines is 3. The first-order valence-corrected chi connectivity index (χ1v) is 15.9. The molecule has 0 spiro atoms. The highest BCUT2D eigenvalue weighted by Gasteiger charge is 2.21. The number of hydrogen-bond donors (Lipinski definition) is 0. The second-order valence-electron chi connectivity index (χ2n) is 11.2. The Hall–Kier alpha value is -5.71. The molecule has 0 unspecified atom stereocenters. The van der Waals surface area contributed by atoms with Gasteiger partial charge in [-0.3, -0.25) is 0 Å². The first-order valence-electron chi connectivity index (χ1n) is 15.1. The maximum Gasteiger partial charge on any atom is 0.227 e. The van der Waals surface area contributed by atoms with Crippen molar-refractivity contribution < 1.29 is 4.42 Å². The SMILES string of the molecule is c1ccc(N(c2ccc(-c3cccc4ccccc34)cc2)c2cccc3c2sc2cccc(-c4nc5ccccc5o4)c23)cc1. The Morgan fingerprint density at radius 2 is 1.22 bits per heavy atom. The Kier molecular flexibility index (Phi) is 6.00. The Labute approximate surface area is 264 Å². The summed E-state index contributed by atoms with van der Waals surface area (Å²) in [5.74, 6) is 0.649. The topological polar surface area (TPSA) is 29.3 Å². The minimum Gasteiger partial charge on any atom is -0.436 e. The largest absolute Gasteiger partial charge is 0.436 e. The molecule has 212 valence electrons. The predicted octanol–water partition coefficient (Wildman–Crippen LogP) is 12.2. The van der Waals surface area contributed by atoms with Crippen LogP contribution in [0.3, 0.4) is 0 Å². The van der Waals surface area contributed by atoms with E-state index in [4.69, 9.17) is 9.40 Å². The summed E-state index contributed by atoms with van der Waals surface area (Å²) < 4.78 is 8.68. The third-order valence-electron chi connectivity index (χ3n) is 8.51. The van der Waals surface area contributed by atoms with Gasteiger partial charge in [0.05, 0.1) is 10.4 Å². The molecular weight excluding hydrogens is 569 g/mol. The van der Waals surface area contributed by atoms with Crippen LogP contribution in [0.2, 0.25) is 0 Å². The standard InChI is InChI=1S/C41H26N2OS/c1-2-13-29(14-3-1)43(30-25-23-28(24-26-30)32-16-8-12-27-11-4-5-15-31(27)32)36-20-9-17-33-39-34(18-10-22-38(39)45-40(33)36)41-42-35-19-6-7-21-37(35)44-41/h1-26H. The monoisotopic (exact) mass is 594 g/mol. The van der Waals surface area contributed by atoms with Gasteiger partial charge in [0.2, 0.25) is 5.89 Å². The van der Waals surface area contributed by atoms with Gasteiger partial charge in [-0.1, -0.05) is 103 Å². The van der Waals surface area contributed by atoms with E-state index in [1.807, 2.05) is 35.6 Å². The maximum atomic E-state index is 6.25. The molecule has 0 aliphatic rings. The molecule has 7 aromatic carbocycles. The molecular formula is C41H26N2OS. The molecule has 9 rings (SSSR count). The van der Waals surface area contributed by atoms with Crippen molar-refractivity contribution in [3.8, 4) is 22.6 Å². The third-order valence-corrected chi connectivity index (χ3v) is 9.70. The predicted molar refractivity (Wildman–Crippen MR) is 190 cm³/mol. The molecule has 3 nitrogen and oxygen atoms in total. The second kappa shape index (κ2) is 10.5. The third kappa shape index (κ3) is 4.30. The zero-order valence-corrected chi connectivity index (χ0v) is 25.0. The van der Waals surface area contributed by atoms with E-state index in [0.717, 1.165) is 33.7 Å². The Balaban J connectivity index is 1.22. The average Bonchev–Trinajstić information content (AvgIpc) is 3.71. The molecule has 2 aromatic heterocycles. The zero-order chi connectivity index (χ0) is 29.7. The van der Waals surface area contributed by atoms with E-state index in [0.29, 0.717) is 5.89 Å². The van der Waals surface area contributed by atoms with Gasteiger partial charge in [-0.05, 0) is 76.5 Å². The molecule has 0 saturated heterocycles. The molecule has 0 N–H and O–H groups in total. The van der Waals surface area contributed by atoms with Crippen LogP contribution in [0.5, 0.6) is 0 Å². The quantitative estimate of drug-likeness (QED) is 0.198. The smallest absolute Gasteiger partial charge is 0.227 e. The van der Waals surface area contributed by atoms with Gasteiger partial charge in [-0.25, -0.2) is 4.98 Å². The first-order chi connectivity index (χ1) is 22.3. The molecule has 9 aromatic rings. The van der Waals surface area contributed by atoms with Gasteiger partial charge in [0.25, 0.3) is 0 Å². The number of nitrogens with zero attached hydrogens (tertiary/aromatic N) is 2. The normalized spacial score (nSPS) is 11.6. The fourth-order valence-corrected chi connectivity index (χ4v) is 7.68. The van der Waals surface area contributed by atoms with Crippen molar-refractivity contribution in [1.29, 1.82) is 0 Å². The van der Waals surface area contributed by atoms with Crippen molar-refractivity contribution in [2.24, 2.45) is 0 Å². The summed E-state index contributed by atoms with van der Waals surface area (Å²) in [7, 11) is 0. The van der Waals surface area contributed by atoms with Crippen LogP contribution in [0.4, 0.5) is 17.1 Å². The summed E-state index contributed by atoms with van der Waals surface area (Å²) in [6.45, 7) is 0. The van der Waals surface area contributed by atoms with Crippen LogP contribution < -0.4 is 4.90 Å².